The van der Waals surface area contributed by atoms with E-state index in [0.717, 1.165) is 6.42 Å². The summed E-state index contributed by atoms with van der Waals surface area (Å²) in [5.41, 5.74) is -0.762. The molecule has 0 fully saturated rings. The van der Waals surface area contributed by atoms with Crippen molar-refractivity contribution in [2.45, 2.75) is 74.3 Å². The highest BCUT2D eigenvalue weighted by Crippen LogP contribution is 2.21. The second kappa shape index (κ2) is 6.53. The second-order valence-electron chi connectivity index (χ2n) is 7.93. The molecule has 0 aliphatic rings. The molecule has 19 heavy (non-hydrogen) atoms. The lowest BCUT2D eigenvalue weighted by Crippen LogP contribution is -2.44. The molecular weight excluding hydrogens is 238 g/mol. The summed E-state index contributed by atoms with van der Waals surface area (Å²) in [4.78, 5) is 24.2. The lowest BCUT2D eigenvalue weighted by molar-refractivity contribution is -0.130. The first-order valence-electron chi connectivity index (χ1n) is 7.18. The third kappa shape index (κ3) is 7.34. The molecular formula is C16H31NO2. The molecule has 0 aliphatic heterocycles. The van der Waals surface area contributed by atoms with Crippen molar-refractivity contribution in [2.75, 3.05) is 0 Å². The summed E-state index contributed by atoms with van der Waals surface area (Å²) in [6.45, 7) is 15.7. The van der Waals surface area contributed by atoms with E-state index in [9.17, 15) is 9.59 Å². The zero-order chi connectivity index (χ0) is 15.4. The predicted octanol–water partition coefficient (Wildman–Crippen LogP) is 3.57. The van der Waals surface area contributed by atoms with E-state index in [1.165, 1.54) is 0 Å². The Labute approximate surface area is 118 Å². The summed E-state index contributed by atoms with van der Waals surface area (Å²) >= 11 is 0. The van der Waals surface area contributed by atoms with Crippen molar-refractivity contribution in [3.05, 3.63) is 0 Å². The highest BCUT2D eigenvalue weighted by molar-refractivity contribution is 5.86. The van der Waals surface area contributed by atoms with Crippen molar-refractivity contribution >= 4 is 11.7 Å². The van der Waals surface area contributed by atoms with E-state index in [1.807, 2.05) is 41.5 Å². The summed E-state index contributed by atoms with van der Waals surface area (Å²) in [5, 5.41) is 3.03. The summed E-state index contributed by atoms with van der Waals surface area (Å²) in [6, 6.07) is -0.0570. The summed E-state index contributed by atoms with van der Waals surface area (Å²) in [7, 11) is 0. The van der Waals surface area contributed by atoms with Crippen molar-refractivity contribution in [1.29, 1.82) is 0 Å². The van der Waals surface area contributed by atoms with Crippen molar-refractivity contribution in [3.8, 4) is 0 Å². The Morgan fingerprint density at radius 2 is 1.42 bits per heavy atom. The topological polar surface area (TPSA) is 46.2 Å². The molecule has 1 amide bonds. The fourth-order valence-electron chi connectivity index (χ4n) is 1.69. The molecule has 3 heteroatoms. The first-order valence-corrected chi connectivity index (χ1v) is 7.18. The van der Waals surface area contributed by atoms with Crippen LogP contribution in [0.15, 0.2) is 0 Å². The van der Waals surface area contributed by atoms with E-state index in [1.54, 1.807) is 0 Å². The normalized spacial score (nSPS) is 14.4. The Morgan fingerprint density at radius 1 is 0.947 bits per heavy atom. The largest absolute Gasteiger partial charge is 0.352 e. The third-order valence-electron chi connectivity index (χ3n) is 3.04. The van der Waals surface area contributed by atoms with E-state index in [-0.39, 0.29) is 23.1 Å². The molecule has 0 aromatic rings. The fraction of sp³-hybridized carbons (Fsp3) is 0.875. The average Bonchev–Trinajstić information content (AvgIpc) is 2.12. The number of hydrogen-bond acceptors (Lipinski definition) is 2. The zero-order valence-electron chi connectivity index (χ0n) is 13.9. The lowest BCUT2D eigenvalue weighted by Gasteiger charge is -2.27. The number of nitrogens with one attached hydrogen (secondary N) is 1. The van der Waals surface area contributed by atoms with Gasteiger partial charge in [-0.25, -0.2) is 0 Å². The predicted molar refractivity (Wildman–Crippen MR) is 79.9 cm³/mol. The highest BCUT2D eigenvalue weighted by Gasteiger charge is 2.28. The van der Waals surface area contributed by atoms with Gasteiger partial charge in [0, 0.05) is 23.3 Å². The number of amides is 1. The van der Waals surface area contributed by atoms with Gasteiger partial charge in [-0.3, -0.25) is 9.59 Å². The van der Waals surface area contributed by atoms with Crippen LogP contribution in [0, 0.1) is 16.7 Å². The van der Waals surface area contributed by atoms with Crippen LogP contribution in [-0.4, -0.2) is 17.7 Å². The third-order valence-corrected chi connectivity index (χ3v) is 3.04. The minimum absolute atomic E-state index is 0.0138. The molecule has 0 saturated carbocycles. The molecule has 1 unspecified atom stereocenters. The van der Waals surface area contributed by atoms with Crippen LogP contribution >= 0.6 is 0 Å². The Hall–Kier alpha value is -0.860. The maximum atomic E-state index is 12.1. The maximum absolute atomic E-state index is 12.1. The molecule has 112 valence electrons. The Kier molecular flexibility index (Phi) is 6.24. The van der Waals surface area contributed by atoms with E-state index >= 15 is 0 Å². The van der Waals surface area contributed by atoms with Crippen molar-refractivity contribution in [3.63, 3.8) is 0 Å². The Morgan fingerprint density at radius 3 is 1.74 bits per heavy atom. The van der Waals surface area contributed by atoms with E-state index in [0.29, 0.717) is 12.3 Å². The molecule has 0 spiro atoms. The van der Waals surface area contributed by atoms with Crippen LogP contribution in [-0.2, 0) is 9.59 Å². The van der Waals surface area contributed by atoms with Crippen LogP contribution in [0.4, 0.5) is 0 Å². The lowest BCUT2D eigenvalue weighted by atomic mass is 9.85. The van der Waals surface area contributed by atoms with Crippen LogP contribution in [0.3, 0.4) is 0 Å². The maximum Gasteiger partial charge on any atom is 0.225 e. The highest BCUT2D eigenvalue weighted by atomic mass is 16.2. The van der Waals surface area contributed by atoms with Crippen molar-refractivity contribution < 1.29 is 9.59 Å². The van der Waals surface area contributed by atoms with Crippen molar-refractivity contribution in [1.82, 2.24) is 5.32 Å². The van der Waals surface area contributed by atoms with Gasteiger partial charge in [0.15, 0.2) is 0 Å². The number of rotatable bonds is 5. The molecule has 0 heterocycles. The van der Waals surface area contributed by atoms with Crippen LogP contribution in [0.25, 0.3) is 0 Å². The Balaban J connectivity index is 4.75. The van der Waals surface area contributed by atoms with Crippen molar-refractivity contribution in [2.24, 2.45) is 16.7 Å². The van der Waals surface area contributed by atoms with Crippen LogP contribution < -0.4 is 5.32 Å². The number of hydrogen-bond donors (Lipinski definition) is 1. The molecule has 1 N–H and O–H groups in total. The molecule has 0 aromatic carbocycles. The first-order chi connectivity index (χ1) is 8.34. The monoisotopic (exact) mass is 269 g/mol. The standard InChI is InChI=1S/C16H31NO2/c1-11(2)9-12(10-13(18)15(3,4)5)17-14(19)16(6,7)8/h11-12H,9-10H2,1-8H3,(H,17,19). The smallest absolute Gasteiger partial charge is 0.225 e. The van der Waals surface area contributed by atoms with Gasteiger partial charge in [0.25, 0.3) is 0 Å². The average molecular weight is 269 g/mol. The fourth-order valence-corrected chi connectivity index (χ4v) is 1.69. The minimum atomic E-state index is -0.417. The second-order valence-corrected chi connectivity index (χ2v) is 7.93. The molecule has 3 nitrogen and oxygen atoms in total. The molecule has 0 radical (unpaired) electrons. The van der Waals surface area contributed by atoms with Gasteiger partial charge in [0.2, 0.25) is 5.91 Å². The van der Waals surface area contributed by atoms with Crippen LogP contribution in [0.2, 0.25) is 0 Å². The molecule has 1 atom stereocenters. The molecule has 0 bridgehead atoms. The minimum Gasteiger partial charge on any atom is -0.352 e. The first kappa shape index (κ1) is 18.1. The van der Waals surface area contributed by atoms with E-state index < -0.39 is 5.41 Å². The number of Topliss-reactive ketones (excluding diaryl/α,β-unsaturated/α-hetero) is 1. The quantitative estimate of drug-likeness (QED) is 0.829. The Bertz CT molecular complexity index is 291. The van der Waals surface area contributed by atoms with E-state index in [2.05, 4.69) is 19.2 Å². The van der Waals surface area contributed by atoms with Gasteiger partial charge in [0.05, 0.1) is 0 Å². The number of ketones is 1. The van der Waals surface area contributed by atoms with Crippen LogP contribution in [0.1, 0.15) is 68.2 Å². The number of carbonyl (C=O) groups is 2. The summed E-state index contributed by atoms with van der Waals surface area (Å²) in [5.74, 6) is 0.672. The van der Waals surface area contributed by atoms with Gasteiger partial charge in [-0.2, -0.15) is 0 Å². The molecule has 0 aromatic heterocycles. The van der Waals surface area contributed by atoms with Gasteiger partial charge in [-0.1, -0.05) is 55.4 Å². The molecule has 0 rings (SSSR count). The van der Waals surface area contributed by atoms with Gasteiger partial charge >= 0.3 is 0 Å². The molecule has 0 saturated heterocycles. The SMILES string of the molecule is CC(C)CC(CC(=O)C(C)(C)C)NC(=O)C(C)(C)C. The molecule has 0 aliphatic carbocycles. The van der Waals surface area contributed by atoms with Gasteiger partial charge in [0.1, 0.15) is 5.78 Å². The van der Waals surface area contributed by atoms with E-state index in [4.69, 9.17) is 0 Å². The van der Waals surface area contributed by atoms with Gasteiger partial charge in [-0.05, 0) is 12.3 Å². The summed E-state index contributed by atoms with van der Waals surface area (Å²) in [6.07, 6.45) is 1.26. The number of carbonyl (C=O) groups excluding carboxylic acids is 2. The van der Waals surface area contributed by atoms with Gasteiger partial charge < -0.3 is 5.32 Å². The zero-order valence-corrected chi connectivity index (χ0v) is 13.9. The van der Waals surface area contributed by atoms with Gasteiger partial charge in [-0.15, -0.1) is 0 Å². The summed E-state index contributed by atoms with van der Waals surface area (Å²) < 4.78 is 0. The van der Waals surface area contributed by atoms with Crippen LogP contribution in [0.5, 0.6) is 0 Å².